The Labute approximate surface area is 206 Å². The number of methoxy groups -OCH3 is 1. The number of hydrogen-bond acceptors (Lipinski definition) is 6. The number of rotatable bonds is 10. The van der Waals surface area contributed by atoms with Crippen LogP contribution in [-0.2, 0) is 6.61 Å². The maximum Gasteiger partial charge on any atom is 0.191 e. The summed E-state index contributed by atoms with van der Waals surface area (Å²) in [5.74, 6) is 0.0695. The molecule has 0 aliphatic heterocycles. The summed E-state index contributed by atoms with van der Waals surface area (Å²) >= 11 is 6.09. The van der Waals surface area contributed by atoms with Crippen LogP contribution in [0.25, 0.3) is 10.9 Å². The highest BCUT2D eigenvalue weighted by Crippen LogP contribution is 2.33. The lowest BCUT2D eigenvalue weighted by molar-refractivity contribution is 0.0970. The number of hydrogen-bond donors (Lipinski definition) is 4. The molecule has 1 heterocycles. The van der Waals surface area contributed by atoms with Gasteiger partial charge in [0.05, 0.1) is 20.3 Å². The Morgan fingerprint density at radius 2 is 1.91 bits per heavy atom. The van der Waals surface area contributed by atoms with E-state index in [0.29, 0.717) is 44.2 Å². The van der Waals surface area contributed by atoms with Gasteiger partial charge >= 0.3 is 0 Å². The normalized spacial score (nSPS) is 11.9. The molecule has 182 valence electrons. The lowest BCUT2D eigenvalue weighted by atomic mass is 9.93. The molecule has 0 saturated carbocycles. The van der Waals surface area contributed by atoms with E-state index in [4.69, 9.17) is 26.2 Å². The second-order valence-corrected chi connectivity index (χ2v) is 8.24. The Morgan fingerprint density at radius 3 is 2.66 bits per heavy atom. The van der Waals surface area contributed by atoms with Crippen molar-refractivity contribution in [3.63, 3.8) is 0 Å². The Balaban J connectivity index is 1.80. The van der Waals surface area contributed by atoms with Crippen molar-refractivity contribution in [3.8, 4) is 11.5 Å². The number of carbonyl (C=O) groups is 1. The number of aliphatic hydroxyl groups is 2. The van der Waals surface area contributed by atoms with Crippen LogP contribution in [0.4, 0.5) is 10.1 Å². The summed E-state index contributed by atoms with van der Waals surface area (Å²) in [4.78, 5) is 17.0. The van der Waals surface area contributed by atoms with Gasteiger partial charge in [-0.2, -0.15) is 0 Å². The number of aliphatic hydroxyl groups excluding tert-OH is 2. The second-order valence-electron chi connectivity index (χ2n) is 7.80. The first-order valence-electron chi connectivity index (χ1n) is 10.8. The minimum Gasteiger partial charge on any atom is -0.497 e. The first-order valence-corrected chi connectivity index (χ1v) is 11.2. The molecule has 0 saturated heterocycles. The maximum atomic E-state index is 13.9. The van der Waals surface area contributed by atoms with Gasteiger partial charge in [-0.15, -0.1) is 0 Å². The molecule has 4 aromatic rings. The summed E-state index contributed by atoms with van der Waals surface area (Å²) in [6.07, 6.45) is 1.60. The molecule has 35 heavy (non-hydrogen) atoms. The zero-order valence-electron chi connectivity index (χ0n) is 18.8. The predicted molar refractivity (Wildman–Crippen MR) is 132 cm³/mol. The lowest BCUT2D eigenvalue weighted by Crippen LogP contribution is -2.23. The quantitative estimate of drug-likeness (QED) is 0.233. The number of Topliss-reactive ketones (excluding diaryl/α,β-unsaturated/α-hetero) is 1. The molecule has 0 spiro atoms. The van der Waals surface area contributed by atoms with Gasteiger partial charge in [-0.25, -0.2) is 4.39 Å². The standard InChI is InChI=1S/C26H24ClFN2O5/c1-34-19-10-18(11-20(12-19)35-7-6-31)30-25(21-5-3-17(28)8-15(21)14-32)26(33)23-13-29-24-9-16(27)2-4-22(23)24/h2-5,8-13,25,29-32H,6-7,14H2,1H3. The molecular weight excluding hydrogens is 475 g/mol. The molecule has 7 nitrogen and oxygen atoms in total. The van der Waals surface area contributed by atoms with E-state index in [9.17, 15) is 14.3 Å². The van der Waals surface area contributed by atoms with Gasteiger partial charge in [0, 0.05) is 51.6 Å². The van der Waals surface area contributed by atoms with Crippen molar-refractivity contribution >= 4 is 34.0 Å². The number of fused-ring (bicyclic) bond motifs is 1. The summed E-state index contributed by atoms with van der Waals surface area (Å²) in [6.45, 7) is -0.536. The molecule has 0 fully saturated rings. The fraction of sp³-hybridized carbons (Fsp3) is 0.192. The van der Waals surface area contributed by atoms with Crippen molar-refractivity contribution in [2.75, 3.05) is 25.6 Å². The summed E-state index contributed by atoms with van der Waals surface area (Å²) in [5.41, 5.74) is 2.29. The smallest absolute Gasteiger partial charge is 0.191 e. The number of ketones is 1. The molecule has 4 N–H and O–H groups in total. The van der Waals surface area contributed by atoms with Gasteiger partial charge in [-0.1, -0.05) is 23.7 Å². The molecule has 3 aromatic carbocycles. The van der Waals surface area contributed by atoms with Gasteiger partial charge in [0.2, 0.25) is 0 Å². The third-order valence-corrected chi connectivity index (χ3v) is 5.78. The average molecular weight is 499 g/mol. The third-order valence-electron chi connectivity index (χ3n) is 5.54. The van der Waals surface area contributed by atoms with E-state index in [1.165, 1.54) is 25.3 Å². The second kappa shape index (κ2) is 10.8. The van der Waals surface area contributed by atoms with Crippen LogP contribution in [0.1, 0.15) is 27.5 Å². The zero-order chi connectivity index (χ0) is 24.9. The van der Waals surface area contributed by atoms with Gasteiger partial charge in [-0.3, -0.25) is 4.79 Å². The molecule has 1 aromatic heterocycles. The number of benzene rings is 3. The Morgan fingerprint density at radius 1 is 1.11 bits per heavy atom. The number of nitrogens with one attached hydrogen (secondary N) is 2. The van der Waals surface area contributed by atoms with Crippen LogP contribution in [0.15, 0.2) is 60.8 Å². The number of H-pyrrole nitrogens is 1. The molecule has 1 atom stereocenters. The summed E-state index contributed by atoms with van der Waals surface area (Å²) in [7, 11) is 1.50. The van der Waals surface area contributed by atoms with Crippen molar-refractivity contribution in [3.05, 3.63) is 88.3 Å². The van der Waals surface area contributed by atoms with Gasteiger partial charge in [0.1, 0.15) is 30.0 Å². The van der Waals surface area contributed by atoms with E-state index in [-0.39, 0.29) is 24.6 Å². The summed E-state index contributed by atoms with van der Waals surface area (Å²) in [5, 5.41) is 23.4. The van der Waals surface area contributed by atoms with E-state index in [1.54, 1.807) is 42.6 Å². The SMILES string of the molecule is COc1cc(NC(C(=O)c2c[nH]c3cc(Cl)ccc23)c2ccc(F)cc2CO)cc(OCCO)c1. The van der Waals surface area contributed by atoms with Crippen LogP contribution in [0.5, 0.6) is 11.5 Å². The molecule has 0 aliphatic rings. The third kappa shape index (κ3) is 5.40. The molecule has 1 unspecified atom stereocenters. The number of ether oxygens (including phenoxy) is 2. The van der Waals surface area contributed by atoms with Crippen molar-refractivity contribution in [2.45, 2.75) is 12.6 Å². The van der Waals surface area contributed by atoms with Gasteiger partial charge in [0.25, 0.3) is 0 Å². The molecule has 4 rings (SSSR count). The van der Waals surface area contributed by atoms with Crippen LogP contribution >= 0.6 is 11.6 Å². The van der Waals surface area contributed by atoms with E-state index < -0.39 is 18.5 Å². The number of anilines is 1. The van der Waals surface area contributed by atoms with Crippen molar-refractivity contribution in [2.24, 2.45) is 0 Å². The largest absolute Gasteiger partial charge is 0.497 e. The van der Waals surface area contributed by atoms with Crippen LogP contribution in [-0.4, -0.2) is 41.3 Å². The highest BCUT2D eigenvalue weighted by atomic mass is 35.5. The number of halogens is 2. The van der Waals surface area contributed by atoms with Gasteiger partial charge in [-0.05, 0) is 35.4 Å². The predicted octanol–water partition coefficient (Wildman–Crippen LogP) is 4.87. The van der Waals surface area contributed by atoms with Gasteiger partial charge < -0.3 is 30.0 Å². The highest BCUT2D eigenvalue weighted by molar-refractivity contribution is 6.31. The average Bonchev–Trinajstić information content (AvgIpc) is 3.28. The topological polar surface area (TPSA) is 104 Å². The van der Waals surface area contributed by atoms with Crippen molar-refractivity contribution in [1.82, 2.24) is 4.98 Å². The van der Waals surface area contributed by atoms with Crippen LogP contribution in [0, 0.1) is 5.82 Å². The van der Waals surface area contributed by atoms with E-state index in [0.717, 1.165) is 0 Å². The first kappa shape index (κ1) is 24.5. The Bertz CT molecular complexity index is 1360. The Kier molecular flexibility index (Phi) is 7.55. The zero-order valence-corrected chi connectivity index (χ0v) is 19.6. The van der Waals surface area contributed by atoms with E-state index >= 15 is 0 Å². The number of carbonyl (C=O) groups excluding carboxylic acids is 1. The lowest BCUT2D eigenvalue weighted by Gasteiger charge is -2.22. The summed E-state index contributed by atoms with van der Waals surface area (Å²) < 4.78 is 24.8. The van der Waals surface area contributed by atoms with Crippen molar-refractivity contribution in [1.29, 1.82) is 0 Å². The highest BCUT2D eigenvalue weighted by Gasteiger charge is 2.27. The van der Waals surface area contributed by atoms with Crippen LogP contribution in [0.2, 0.25) is 5.02 Å². The minimum atomic E-state index is -0.981. The first-order chi connectivity index (χ1) is 16.9. The molecular formula is C26H24ClFN2O5. The molecule has 0 amide bonds. The van der Waals surface area contributed by atoms with Gasteiger partial charge in [0.15, 0.2) is 5.78 Å². The molecule has 0 radical (unpaired) electrons. The number of aromatic amines is 1. The van der Waals surface area contributed by atoms with Crippen molar-refractivity contribution < 1.29 is 28.9 Å². The minimum absolute atomic E-state index is 0.0828. The van der Waals surface area contributed by atoms with E-state index in [2.05, 4.69) is 10.3 Å². The van der Waals surface area contributed by atoms with Crippen LogP contribution < -0.4 is 14.8 Å². The summed E-state index contributed by atoms with van der Waals surface area (Å²) in [6, 6.07) is 13.1. The fourth-order valence-corrected chi connectivity index (χ4v) is 4.09. The van der Waals surface area contributed by atoms with E-state index in [1.807, 2.05) is 0 Å². The monoisotopic (exact) mass is 498 g/mol. The molecule has 9 heteroatoms. The molecule has 0 aliphatic carbocycles. The fourth-order valence-electron chi connectivity index (χ4n) is 3.92. The molecule has 0 bridgehead atoms. The maximum absolute atomic E-state index is 13.9. The Hall–Kier alpha value is -3.59. The van der Waals surface area contributed by atoms with Crippen LogP contribution in [0.3, 0.4) is 0 Å². The number of aromatic nitrogens is 1.